The lowest BCUT2D eigenvalue weighted by molar-refractivity contribution is 0.246. The van der Waals surface area contributed by atoms with E-state index in [1.165, 1.54) is 0 Å². The molecule has 14 heavy (non-hydrogen) atoms. The zero-order chi connectivity index (χ0) is 10.2. The van der Waals surface area contributed by atoms with E-state index in [2.05, 4.69) is 0 Å². The first-order valence-corrected chi connectivity index (χ1v) is 7.87. The average molecular weight is 269 g/mol. The van der Waals surface area contributed by atoms with Crippen molar-refractivity contribution in [3.63, 3.8) is 0 Å². The van der Waals surface area contributed by atoms with E-state index in [1.807, 2.05) is 18.2 Å². The van der Waals surface area contributed by atoms with Gasteiger partial charge in [-0.15, -0.1) is 0 Å². The Balaban J connectivity index is 2.22. The lowest BCUT2D eigenvalue weighted by Gasteiger charge is -2.08. The molecule has 0 bridgehead atoms. The van der Waals surface area contributed by atoms with E-state index in [1.54, 1.807) is 6.07 Å². The predicted octanol–water partition coefficient (Wildman–Crippen LogP) is 3.89. The summed E-state index contributed by atoms with van der Waals surface area (Å²) in [6.45, 7) is 0.404. The Morgan fingerprint density at radius 2 is 2.29 bits per heavy atom. The van der Waals surface area contributed by atoms with Gasteiger partial charge in [0, 0.05) is 5.02 Å². The first-order chi connectivity index (χ1) is 6.57. The molecule has 76 valence electrons. The van der Waals surface area contributed by atoms with Crippen LogP contribution in [-0.2, 0) is 20.9 Å². The van der Waals surface area contributed by atoms with Gasteiger partial charge in [0.2, 0.25) is 0 Å². The number of benzene rings is 1. The summed E-state index contributed by atoms with van der Waals surface area (Å²) in [6.07, 6.45) is -0.183. The molecule has 1 aliphatic rings. The van der Waals surface area contributed by atoms with Crippen LogP contribution in [0.15, 0.2) is 24.3 Å². The van der Waals surface area contributed by atoms with Gasteiger partial charge in [-0.3, -0.25) is 0 Å². The maximum absolute atomic E-state index is 5.85. The Morgan fingerprint density at radius 1 is 1.50 bits per heavy atom. The largest absolute Gasteiger partial charge is 0.315 e. The molecule has 2 rings (SSSR count). The third-order valence-electron chi connectivity index (χ3n) is 1.85. The molecule has 2 atom stereocenters. The molecule has 0 amide bonds. The number of hydrogen-bond donors (Lipinski definition) is 0. The van der Waals surface area contributed by atoms with E-state index >= 15 is 0 Å². The Bertz CT molecular complexity index is 399. The second-order valence-electron chi connectivity index (χ2n) is 2.88. The minimum absolute atomic E-state index is 0.183. The average Bonchev–Trinajstić information content (AvgIpc) is 2.46. The van der Waals surface area contributed by atoms with Crippen molar-refractivity contribution in [2.45, 2.75) is 6.10 Å². The third-order valence-corrected chi connectivity index (χ3v) is 4.16. The van der Waals surface area contributed by atoms with Crippen LogP contribution in [0.1, 0.15) is 11.7 Å². The molecule has 1 heterocycles. The normalized spacial score (nSPS) is 32.0. The second kappa shape index (κ2) is 4.09. The molecule has 6 heteroatoms. The van der Waals surface area contributed by atoms with Crippen LogP contribution in [0.5, 0.6) is 0 Å². The first kappa shape index (κ1) is 10.9. The minimum atomic E-state index is -2.52. The van der Waals surface area contributed by atoms with Crippen molar-refractivity contribution in [2.24, 2.45) is 0 Å². The Hall–Kier alpha value is 0.370. The Morgan fingerprint density at radius 3 is 2.86 bits per heavy atom. The summed E-state index contributed by atoms with van der Waals surface area (Å²) in [5.74, 6) is -2.52. The van der Waals surface area contributed by atoms with Crippen LogP contribution in [0.3, 0.4) is 0 Å². The molecule has 0 radical (unpaired) electrons. The van der Waals surface area contributed by atoms with Gasteiger partial charge in [0.15, 0.2) is 0 Å². The monoisotopic (exact) mass is 268 g/mol. The molecule has 0 spiro atoms. The molecule has 2 unspecified atom stereocenters. The van der Waals surface area contributed by atoms with Crippen LogP contribution in [0.25, 0.3) is 0 Å². The van der Waals surface area contributed by atoms with Crippen molar-refractivity contribution >= 4 is 40.5 Å². The van der Waals surface area contributed by atoms with E-state index in [0.717, 1.165) is 5.56 Å². The van der Waals surface area contributed by atoms with Crippen LogP contribution >= 0.6 is 28.7 Å². The van der Waals surface area contributed by atoms with E-state index in [-0.39, 0.29) is 6.10 Å². The highest BCUT2D eigenvalue weighted by molar-refractivity contribution is 8.22. The number of halogens is 2. The summed E-state index contributed by atoms with van der Waals surface area (Å²) in [7, 11) is 0. The first-order valence-electron chi connectivity index (χ1n) is 3.95. The second-order valence-corrected chi connectivity index (χ2v) is 8.02. The molecule has 0 saturated carbocycles. The van der Waals surface area contributed by atoms with Crippen molar-refractivity contribution in [3.8, 4) is 0 Å². The Kier molecular flexibility index (Phi) is 3.18. The van der Waals surface area contributed by atoms with Crippen molar-refractivity contribution in [1.82, 2.24) is 0 Å². The fourth-order valence-corrected chi connectivity index (χ4v) is 3.24. The fraction of sp³-hybridized carbons (Fsp3) is 0.250. The van der Waals surface area contributed by atoms with Crippen LogP contribution in [0.2, 0.25) is 5.02 Å². The lowest BCUT2D eigenvalue weighted by Crippen LogP contribution is -1.98. The Labute approximate surface area is 97.1 Å². The topological polar surface area (TPSA) is 18.5 Å². The van der Waals surface area contributed by atoms with Crippen LogP contribution < -0.4 is 0 Å². The standard InChI is InChI=1S/C8H7Cl2O2PS/c9-7-3-1-2-6(4-7)8-5-11-13(10,14)12-8/h1-4,8H,5H2. The van der Waals surface area contributed by atoms with Gasteiger partial charge in [-0.1, -0.05) is 23.7 Å². The van der Waals surface area contributed by atoms with Crippen molar-refractivity contribution in [2.75, 3.05) is 6.61 Å². The number of hydrogen-bond acceptors (Lipinski definition) is 3. The molecule has 2 nitrogen and oxygen atoms in total. The summed E-state index contributed by atoms with van der Waals surface area (Å²) >= 11 is 16.6. The zero-order valence-corrected chi connectivity index (χ0v) is 10.2. The molecule has 1 saturated heterocycles. The van der Waals surface area contributed by atoms with Gasteiger partial charge in [-0.2, -0.15) is 0 Å². The van der Waals surface area contributed by atoms with E-state index in [9.17, 15) is 0 Å². The predicted molar refractivity (Wildman–Crippen MR) is 61.4 cm³/mol. The smallest absolute Gasteiger partial charge is 0.282 e. The summed E-state index contributed by atoms with van der Waals surface area (Å²) < 4.78 is 10.6. The van der Waals surface area contributed by atoms with Crippen molar-refractivity contribution in [3.05, 3.63) is 34.9 Å². The quantitative estimate of drug-likeness (QED) is 0.720. The molecule has 1 aliphatic heterocycles. The maximum atomic E-state index is 5.85. The zero-order valence-electron chi connectivity index (χ0n) is 7.02. The lowest BCUT2D eigenvalue weighted by atomic mass is 10.1. The van der Waals surface area contributed by atoms with Gasteiger partial charge >= 0.3 is 0 Å². The third kappa shape index (κ3) is 2.48. The fourth-order valence-electron chi connectivity index (χ4n) is 1.23. The highest BCUT2D eigenvalue weighted by atomic mass is 35.7. The van der Waals surface area contributed by atoms with E-state index in [0.29, 0.717) is 11.6 Å². The van der Waals surface area contributed by atoms with Gasteiger partial charge in [-0.25, -0.2) is 0 Å². The molecule has 1 fully saturated rings. The van der Waals surface area contributed by atoms with Gasteiger partial charge < -0.3 is 9.05 Å². The molecular weight excluding hydrogens is 262 g/mol. The van der Waals surface area contributed by atoms with E-state index in [4.69, 9.17) is 43.7 Å². The molecule has 0 aliphatic carbocycles. The molecular formula is C8H7Cl2O2PS. The van der Waals surface area contributed by atoms with Gasteiger partial charge in [0.25, 0.3) is 5.84 Å². The van der Waals surface area contributed by atoms with Crippen LogP contribution in [0.4, 0.5) is 0 Å². The minimum Gasteiger partial charge on any atom is -0.315 e. The summed E-state index contributed by atoms with van der Waals surface area (Å²) in [5.41, 5.74) is 0.949. The van der Waals surface area contributed by atoms with E-state index < -0.39 is 5.84 Å². The van der Waals surface area contributed by atoms with Crippen molar-refractivity contribution < 1.29 is 9.05 Å². The molecule has 0 N–H and O–H groups in total. The molecule has 1 aromatic rings. The molecule has 1 aromatic carbocycles. The highest BCUT2D eigenvalue weighted by Crippen LogP contribution is 2.62. The summed E-state index contributed by atoms with van der Waals surface area (Å²) in [4.78, 5) is 0. The SMILES string of the molecule is S=P1(Cl)OCC(c2cccc(Cl)c2)O1. The van der Waals surface area contributed by atoms with Gasteiger partial charge in [-0.05, 0) is 40.7 Å². The van der Waals surface area contributed by atoms with Crippen molar-refractivity contribution in [1.29, 1.82) is 0 Å². The molecule has 0 aromatic heterocycles. The number of rotatable bonds is 1. The van der Waals surface area contributed by atoms with Gasteiger partial charge in [0.1, 0.15) is 6.10 Å². The van der Waals surface area contributed by atoms with Gasteiger partial charge in [0.05, 0.1) is 6.61 Å². The summed E-state index contributed by atoms with van der Waals surface area (Å²) in [5, 5.41) is 0.667. The van der Waals surface area contributed by atoms with Crippen LogP contribution in [-0.4, -0.2) is 6.61 Å². The highest BCUT2D eigenvalue weighted by Gasteiger charge is 2.31. The summed E-state index contributed by atoms with van der Waals surface area (Å²) in [6, 6.07) is 7.40. The maximum Gasteiger partial charge on any atom is 0.282 e. The van der Waals surface area contributed by atoms with Crippen LogP contribution in [0, 0.1) is 0 Å².